The molecule has 0 bridgehead atoms. The lowest BCUT2D eigenvalue weighted by atomic mass is 10.1. The van der Waals surface area contributed by atoms with E-state index >= 15 is 0 Å². The number of aryl methyl sites for hydroxylation is 1. The summed E-state index contributed by atoms with van der Waals surface area (Å²) in [5, 5.41) is 8.38. The lowest BCUT2D eigenvalue weighted by Crippen LogP contribution is -2.40. The van der Waals surface area contributed by atoms with Gasteiger partial charge in [0.2, 0.25) is 5.95 Å². The van der Waals surface area contributed by atoms with E-state index in [1.165, 1.54) is 6.07 Å². The quantitative estimate of drug-likeness (QED) is 0.870. The second-order valence-corrected chi connectivity index (χ2v) is 5.12. The number of morpholine rings is 1. The summed E-state index contributed by atoms with van der Waals surface area (Å²) >= 11 is 0. The predicted octanol–water partition coefficient (Wildman–Crippen LogP) is 2.32. The minimum Gasteiger partial charge on any atom is -0.370 e. The Balaban J connectivity index is 1.85. The first-order valence-electron chi connectivity index (χ1n) is 7.21. The van der Waals surface area contributed by atoms with Gasteiger partial charge in [-0.1, -0.05) is 18.2 Å². The summed E-state index contributed by atoms with van der Waals surface area (Å²) in [6, 6.07) is 6.77. The summed E-state index contributed by atoms with van der Waals surface area (Å²) in [5.41, 5.74) is 0.599. The van der Waals surface area contributed by atoms with Gasteiger partial charge < -0.3 is 9.64 Å². The zero-order valence-electron chi connectivity index (χ0n) is 12.3. The van der Waals surface area contributed by atoms with Gasteiger partial charge in [-0.3, -0.25) is 4.57 Å². The van der Waals surface area contributed by atoms with Crippen LogP contribution in [-0.4, -0.2) is 34.5 Å². The van der Waals surface area contributed by atoms with Crippen molar-refractivity contribution in [2.75, 3.05) is 24.6 Å². The lowest BCUT2D eigenvalue weighted by molar-refractivity contribution is 0.0367. The first kappa shape index (κ1) is 14.0. The van der Waals surface area contributed by atoms with Crippen LogP contribution in [0.2, 0.25) is 0 Å². The Morgan fingerprint density at radius 2 is 2.14 bits per heavy atom. The van der Waals surface area contributed by atoms with Crippen LogP contribution in [0.25, 0.3) is 0 Å². The van der Waals surface area contributed by atoms with Crippen LogP contribution in [0.15, 0.2) is 24.3 Å². The molecule has 21 heavy (non-hydrogen) atoms. The van der Waals surface area contributed by atoms with Crippen LogP contribution in [0.5, 0.6) is 0 Å². The molecular formula is C15H19FN4O. The maximum atomic E-state index is 13.9. The van der Waals surface area contributed by atoms with Crippen LogP contribution in [0.4, 0.5) is 10.3 Å². The van der Waals surface area contributed by atoms with Gasteiger partial charge >= 0.3 is 0 Å². The Bertz CT molecular complexity index is 628. The molecule has 2 aromatic rings. The third kappa shape index (κ3) is 2.63. The van der Waals surface area contributed by atoms with E-state index in [-0.39, 0.29) is 11.9 Å². The Hall–Kier alpha value is -1.95. The van der Waals surface area contributed by atoms with Gasteiger partial charge in [0.1, 0.15) is 17.7 Å². The molecule has 0 saturated carbocycles. The van der Waals surface area contributed by atoms with Crippen LogP contribution in [0.1, 0.15) is 24.4 Å². The molecule has 2 heterocycles. The van der Waals surface area contributed by atoms with E-state index in [0.717, 1.165) is 24.9 Å². The van der Waals surface area contributed by atoms with E-state index in [2.05, 4.69) is 26.6 Å². The highest BCUT2D eigenvalue weighted by molar-refractivity contribution is 5.34. The van der Waals surface area contributed by atoms with Gasteiger partial charge in [-0.2, -0.15) is 0 Å². The standard InChI is InChI=1S/C15H19FN4O/c1-3-20-11(2)17-18-15(20)19-8-9-21-14(10-19)12-6-4-5-7-13(12)16/h4-7,14H,3,8-10H2,1-2H3. The van der Waals surface area contributed by atoms with Crippen molar-refractivity contribution in [3.8, 4) is 0 Å². The Kier molecular flexibility index (Phi) is 3.88. The highest BCUT2D eigenvalue weighted by atomic mass is 19.1. The van der Waals surface area contributed by atoms with Gasteiger partial charge in [0.15, 0.2) is 0 Å². The number of rotatable bonds is 3. The van der Waals surface area contributed by atoms with Crippen LogP contribution in [-0.2, 0) is 11.3 Å². The second-order valence-electron chi connectivity index (χ2n) is 5.12. The number of anilines is 1. The summed E-state index contributed by atoms with van der Waals surface area (Å²) in [4.78, 5) is 2.12. The zero-order chi connectivity index (χ0) is 14.8. The van der Waals surface area contributed by atoms with Gasteiger partial charge in [-0.15, -0.1) is 10.2 Å². The van der Waals surface area contributed by atoms with Gasteiger partial charge in [0, 0.05) is 18.7 Å². The maximum Gasteiger partial charge on any atom is 0.227 e. The van der Waals surface area contributed by atoms with Crippen molar-refractivity contribution in [3.63, 3.8) is 0 Å². The molecule has 3 rings (SSSR count). The molecule has 112 valence electrons. The van der Waals surface area contributed by atoms with Crippen molar-refractivity contribution in [1.82, 2.24) is 14.8 Å². The number of hydrogen-bond acceptors (Lipinski definition) is 4. The fourth-order valence-electron chi connectivity index (χ4n) is 2.73. The minimum absolute atomic E-state index is 0.225. The first-order chi connectivity index (χ1) is 10.2. The van der Waals surface area contributed by atoms with Gasteiger partial charge in [-0.05, 0) is 19.9 Å². The van der Waals surface area contributed by atoms with Crippen molar-refractivity contribution < 1.29 is 9.13 Å². The average Bonchev–Trinajstić information content (AvgIpc) is 2.89. The van der Waals surface area contributed by atoms with Gasteiger partial charge in [0.05, 0.1) is 13.2 Å². The third-order valence-electron chi connectivity index (χ3n) is 3.83. The highest BCUT2D eigenvalue weighted by Crippen LogP contribution is 2.27. The van der Waals surface area contributed by atoms with E-state index in [4.69, 9.17) is 4.74 Å². The largest absolute Gasteiger partial charge is 0.370 e. The van der Waals surface area contributed by atoms with Gasteiger partial charge in [-0.25, -0.2) is 4.39 Å². The molecule has 0 aliphatic carbocycles. The normalized spacial score (nSPS) is 19.0. The fourth-order valence-corrected chi connectivity index (χ4v) is 2.73. The Labute approximate surface area is 123 Å². The van der Waals surface area contributed by atoms with E-state index in [0.29, 0.717) is 18.7 Å². The smallest absolute Gasteiger partial charge is 0.227 e. The molecule has 1 aromatic carbocycles. The molecule has 0 amide bonds. The first-order valence-corrected chi connectivity index (χ1v) is 7.21. The number of aromatic nitrogens is 3. The van der Waals surface area contributed by atoms with Crippen LogP contribution in [0.3, 0.4) is 0 Å². The maximum absolute atomic E-state index is 13.9. The summed E-state index contributed by atoms with van der Waals surface area (Å²) in [6.07, 6.45) is -0.276. The number of hydrogen-bond donors (Lipinski definition) is 0. The highest BCUT2D eigenvalue weighted by Gasteiger charge is 2.27. The van der Waals surface area contributed by atoms with E-state index in [1.807, 2.05) is 13.0 Å². The molecule has 5 nitrogen and oxygen atoms in total. The Morgan fingerprint density at radius 3 is 2.90 bits per heavy atom. The molecule has 1 aliphatic rings. The van der Waals surface area contributed by atoms with E-state index in [9.17, 15) is 4.39 Å². The zero-order valence-corrected chi connectivity index (χ0v) is 12.3. The summed E-state index contributed by atoms with van der Waals surface area (Å²) < 4.78 is 21.7. The molecule has 1 atom stereocenters. The third-order valence-corrected chi connectivity index (χ3v) is 3.83. The van der Waals surface area contributed by atoms with Crippen molar-refractivity contribution in [3.05, 3.63) is 41.5 Å². The topological polar surface area (TPSA) is 43.2 Å². The molecule has 0 N–H and O–H groups in total. The summed E-state index contributed by atoms with van der Waals surface area (Å²) in [6.45, 7) is 6.69. The molecule has 0 radical (unpaired) electrons. The average molecular weight is 290 g/mol. The number of halogens is 1. The van der Waals surface area contributed by atoms with E-state index in [1.54, 1.807) is 12.1 Å². The fraction of sp³-hybridized carbons (Fsp3) is 0.467. The molecule has 1 saturated heterocycles. The van der Waals surface area contributed by atoms with Crippen molar-refractivity contribution in [2.45, 2.75) is 26.5 Å². The van der Waals surface area contributed by atoms with Crippen molar-refractivity contribution in [2.24, 2.45) is 0 Å². The molecule has 1 unspecified atom stereocenters. The molecular weight excluding hydrogens is 271 g/mol. The molecule has 0 spiro atoms. The van der Waals surface area contributed by atoms with Crippen LogP contribution >= 0.6 is 0 Å². The molecule has 1 aliphatic heterocycles. The minimum atomic E-state index is -0.276. The van der Waals surface area contributed by atoms with Crippen molar-refractivity contribution >= 4 is 5.95 Å². The number of nitrogens with zero attached hydrogens (tertiary/aromatic N) is 4. The second kappa shape index (κ2) is 5.81. The summed E-state index contributed by atoms with van der Waals surface area (Å²) in [7, 11) is 0. The monoisotopic (exact) mass is 290 g/mol. The lowest BCUT2D eigenvalue weighted by Gasteiger charge is -2.33. The summed E-state index contributed by atoms with van der Waals surface area (Å²) in [5.74, 6) is 1.50. The molecule has 1 aromatic heterocycles. The number of benzene rings is 1. The SMILES string of the molecule is CCn1c(C)nnc1N1CCOC(c2ccccc2F)C1. The van der Waals surface area contributed by atoms with Crippen LogP contribution < -0.4 is 4.90 Å². The van der Waals surface area contributed by atoms with E-state index < -0.39 is 0 Å². The predicted molar refractivity (Wildman–Crippen MR) is 77.7 cm³/mol. The van der Waals surface area contributed by atoms with Crippen molar-refractivity contribution in [1.29, 1.82) is 0 Å². The van der Waals surface area contributed by atoms with Gasteiger partial charge in [0.25, 0.3) is 0 Å². The number of ether oxygens (including phenoxy) is 1. The Morgan fingerprint density at radius 1 is 1.33 bits per heavy atom. The van der Waals surface area contributed by atoms with Crippen LogP contribution in [0, 0.1) is 12.7 Å². The molecule has 6 heteroatoms. The molecule has 1 fully saturated rings.